The molecule has 138 valence electrons. The highest BCUT2D eigenvalue weighted by atomic mass is 19.1. The van der Waals surface area contributed by atoms with E-state index in [0.717, 1.165) is 46.3 Å². The van der Waals surface area contributed by atoms with Gasteiger partial charge in [0.1, 0.15) is 5.82 Å². The van der Waals surface area contributed by atoms with E-state index in [9.17, 15) is 4.39 Å². The third kappa shape index (κ3) is 2.77. The van der Waals surface area contributed by atoms with Gasteiger partial charge in [-0.3, -0.25) is 0 Å². The van der Waals surface area contributed by atoms with Crippen molar-refractivity contribution in [1.82, 2.24) is 0 Å². The lowest BCUT2D eigenvalue weighted by Gasteiger charge is -2.36. The molecule has 0 nitrogen and oxygen atoms in total. The van der Waals surface area contributed by atoms with Crippen LogP contribution in [0.1, 0.15) is 47.1 Å². The Bertz CT molecular complexity index is 1130. The molecule has 4 rings (SSSR count). The first-order valence-electron chi connectivity index (χ1n) is 9.53. The van der Waals surface area contributed by atoms with Crippen molar-refractivity contribution in [3.8, 4) is 12.3 Å². The minimum Gasteiger partial charge on any atom is -0.207 e. The number of aryl methyl sites for hydroxylation is 1. The summed E-state index contributed by atoms with van der Waals surface area (Å²) in [6, 6.07) is 11.8. The average Bonchev–Trinajstić information content (AvgIpc) is 2.66. The second-order valence-electron chi connectivity index (χ2n) is 7.77. The minimum absolute atomic E-state index is 0.208. The number of hydrogen-bond donors (Lipinski definition) is 0. The van der Waals surface area contributed by atoms with E-state index in [4.69, 9.17) is 6.42 Å². The van der Waals surface area contributed by atoms with Crippen LogP contribution in [0.2, 0.25) is 0 Å². The Morgan fingerprint density at radius 3 is 2.61 bits per heavy atom. The lowest BCUT2D eigenvalue weighted by atomic mass is 9.67. The number of benzene rings is 2. The van der Waals surface area contributed by atoms with Gasteiger partial charge in [0.15, 0.2) is 0 Å². The molecule has 0 amide bonds. The summed E-state index contributed by atoms with van der Waals surface area (Å²) in [5.41, 5.74) is 10.5. The monoisotopic (exact) mass is 366 g/mol. The smallest absolute Gasteiger partial charge is 0.127 e. The Balaban J connectivity index is 1.98. The molecular weight excluding hydrogens is 343 g/mol. The summed E-state index contributed by atoms with van der Waals surface area (Å²) in [5, 5.41) is 0. The van der Waals surface area contributed by atoms with Gasteiger partial charge in [0.2, 0.25) is 0 Å². The Kier molecular flexibility index (Phi) is 4.44. The molecule has 0 N–H and O–H groups in total. The molecule has 0 saturated carbocycles. The summed E-state index contributed by atoms with van der Waals surface area (Å²) < 4.78 is 15.0. The lowest BCUT2D eigenvalue weighted by Crippen LogP contribution is -2.21. The highest BCUT2D eigenvalue weighted by molar-refractivity contribution is 5.84. The molecule has 0 saturated heterocycles. The zero-order valence-electron chi connectivity index (χ0n) is 16.4. The molecule has 0 aliphatic heterocycles. The molecule has 1 heteroatoms. The third-order valence-corrected chi connectivity index (χ3v) is 5.90. The summed E-state index contributed by atoms with van der Waals surface area (Å²) >= 11 is 0. The third-order valence-electron chi connectivity index (χ3n) is 5.90. The van der Waals surface area contributed by atoms with Crippen molar-refractivity contribution >= 4 is 11.6 Å². The van der Waals surface area contributed by atoms with Gasteiger partial charge in [0.05, 0.1) is 0 Å². The van der Waals surface area contributed by atoms with Gasteiger partial charge in [-0.2, -0.15) is 0 Å². The fraction of sp³-hybridized carbons (Fsp3) is 0.185. The first-order valence-corrected chi connectivity index (χ1v) is 9.53. The van der Waals surface area contributed by atoms with E-state index in [1.54, 1.807) is 6.07 Å². The summed E-state index contributed by atoms with van der Waals surface area (Å²) in [7, 11) is 0. The quantitative estimate of drug-likeness (QED) is 0.514. The molecule has 0 heterocycles. The van der Waals surface area contributed by atoms with Crippen molar-refractivity contribution in [1.29, 1.82) is 0 Å². The maximum Gasteiger partial charge on any atom is 0.127 e. The van der Waals surface area contributed by atoms with Crippen molar-refractivity contribution in [2.24, 2.45) is 0 Å². The van der Waals surface area contributed by atoms with Crippen LogP contribution in [-0.2, 0) is 6.42 Å². The predicted octanol–water partition coefficient (Wildman–Crippen LogP) is 6.78. The van der Waals surface area contributed by atoms with E-state index in [1.165, 1.54) is 16.7 Å². The second kappa shape index (κ2) is 6.80. The van der Waals surface area contributed by atoms with Crippen molar-refractivity contribution in [3.05, 3.63) is 105 Å². The largest absolute Gasteiger partial charge is 0.207 e. The lowest BCUT2D eigenvalue weighted by molar-refractivity contribution is 0.603. The zero-order valence-corrected chi connectivity index (χ0v) is 16.4. The van der Waals surface area contributed by atoms with Crippen LogP contribution in [0.3, 0.4) is 0 Å². The van der Waals surface area contributed by atoms with Gasteiger partial charge in [-0.15, -0.1) is 6.42 Å². The standard InChI is InChI=1S/C27H23F/c1-6-19-9-11-22-20(15-19)13-18(5)26-24(22)14-17(4)21(7-2)27(26)23-10-8-16(3)12-25(23)28/h2,6,8-12,15,27H,1,5,13-14H2,3-4H3. The fourth-order valence-electron chi connectivity index (χ4n) is 4.57. The van der Waals surface area contributed by atoms with Crippen LogP contribution in [0.5, 0.6) is 0 Å². The molecule has 0 fully saturated rings. The summed E-state index contributed by atoms with van der Waals surface area (Å²) in [5.74, 6) is 2.39. The van der Waals surface area contributed by atoms with Gasteiger partial charge < -0.3 is 0 Å². The van der Waals surface area contributed by atoms with E-state index in [2.05, 4.69) is 44.2 Å². The number of rotatable bonds is 2. The summed E-state index contributed by atoms with van der Waals surface area (Å²) in [4.78, 5) is 0. The molecule has 0 spiro atoms. The normalized spacial score (nSPS) is 18.5. The van der Waals surface area contributed by atoms with Gasteiger partial charge in [-0.25, -0.2) is 4.39 Å². The van der Waals surface area contributed by atoms with Crippen molar-refractivity contribution in [2.75, 3.05) is 0 Å². The van der Waals surface area contributed by atoms with Crippen LogP contribution in [0.4, 0.5) is 4.39 Å². The highest BCUT2D eigenvalue weighted by Crippen LogP contribution is 2.51. The van der Waals surface area contributed by atoms with E-state index >= 15 is 0 Å². The number of hydrogen-bond acceptors (Lipinski definition) is 0. The number of fused-ring (bicyclic) bond motifs is 2. The molecule has 0 bridgehead atoms. The predicted molar refractivity (Wildman–Crippen MR) is 116 cm³/mol. The summed E-state index contributed by atoms with van der Waals surface area (Å²) in [6.07, 6.45) is 9.29. The molecule has 0 aromatic heterocycles. The maximum atomic E-state index is 15.0. The summed E-state index contributed by atoms with van der Waals surface area (Å²) in [6.45, 7) is 12.2. The van der Waals surface area contributed by atoms with Crippen molar-refractivity contribution in [2.45, 2.75) is 32.6 Å². The Hall–Kier alpha value is -3.11. The van der Waals surface area contributed by atoms with Gasteiger partial charge in [0.25, 0.3) is 0 Å². The molecule has 1 atom stereocenters. The zero-order chi connectivity index (χ0) is 20.0. The minimum atomic E-state index is -0.269. The van der Waals surface area contributed by atoms with Crippen LogP contribution in [0, 0.1) is 25.1 Å². The molecule has 2 aliphatic carbocycles. The van der Waals surface area contributed by atoms with Crippen LogP contribution >= 0.6 is 0 Å². The molecule has 1 unspecified atom stereocenters. The first kappa shape index (κ1) is 18.3. The van der Waals surface area contributed by atoms with Gasteiger partial charge in [0, 0.05) is 17.1 Å². The molecule has 0 radical (unpaired) electrons. The Morgan fingerprint density at radius 2 is 1.93 bits per heavy atom. The van der Waals surface area contributed by atoms with Crippen LogP contribution < -0.4 is 0 Å². The maximum absolute atomic E-state index is 15.0. The second-order valence-corrected chi connectivity index (χ2v) is 7.77. The van der Waals surface area contributed by atoms with E-state index < -0.39 is 0 Å². The fourth-order valence-corrected chi connectivity index (χ4v) is 4.57. The molecule has 2 aromatic rings. The van der Waals surface area contributed by atoms with Gasteiger partial charge in [-0.05, 0) is 71.7 Å². The number of halogens is 1. The van der Waals surface area contributed by atoms with E-state index in [0.29, 0.717) is 5.56 Å². The van der Waals surface area contributed by atoms with E-state index in [-0.39, 0.29) is 11.7 Å². The van der Waals surface area contributed by atoms with Crippen LogP contribution in [0.15, 0.2) is 71.8 Å². The van der Waals surface area contributed by atoms with Gasteiger partial charge in [-0.1, -0.05) is 61.1 Å². The van der Waals surface area contributed by atoms with Crippen molar-refractivity contribution < 1.29 is 4.39 Å². The molecule has 2 aliphatic rings. The molecular formula is C27H23F. The van der Waals surface area contributed by atoms with Crippen molar-refractivity contribution in [3.63, 3.8) is 0 Å². The Morgan fingerprint density at radius 1 is 1.14 bits per heavy atom. The van der Waals surface area contributed by atoms with E-state index in [1.807, 2.05) is 25.1 Å². The van der Waals surface area contributed by atoms with Crippen LogP contribution in [-0.4, -0.2) is 0 Å². The highest BCUT2D eigenvalue weighted by Gasteiger charge is 2.35. The topological polar surface area (TPSA) is 0 Å². The molecule has 28 heavy (non-hydrogen) atoms. The average molecular weight is 366 g/mol. The Labute approximate surface area is 166 Å². The number of terminal acetylenes is 1. The van der Waals surface area contributed by atoms with Crippen LogP contribution in [0.25, 0.3) is 11.6 Å². The SMILES string of the molecule is C#CC1=C(C)CC2=C(C(=C)Cc3cc(C=C)ccc32)C1c1ccc(C)cc1F. The molecule has 2 aromatic carbocycles. The first-order chi connectivity index (χ1) is 13.4. The van der Waals surface area contributed by atoms with Gasteiger partial charge >= 0.3 is 0 Å². The number of allylic oxidation sites excluding steroid dienone is 5.